The molecule has 5 unspecified atom stereocenters. The number of hydrogen-bond donors (Lipinski definition) is 1. The molecule has 1 aromatic rings. The summed E-state index contributed by atoms with van der Waals surface area (Å²) in [5, 5.41) is 8.23. The molecule has 1 heterocycles. The van der Waals surface area contributed by atoms with Gasteiger partial charge in [-0.15, -0.1) is 0 Å². The lowest BCUT2D eigenvalue weighted by atomic mass is 10.0. The molecule has 0 spiro atoms. The minimum Gasteiger partial charge on any atom is -0.307 e. The fourth-order valence-corrected chi connectivity index (χ4v) is 4.71. The summed E-state index contributed by atoms with van der Waals surface area (Å²) in [6.07, 6.45) is 8.76. The quantitative estimate of drug-likeness (QED) is 0.883. The van der Waals surface area contributed by atoms with Gasteiger partial charge >= 0.3 is 0 Å². The lowest BCUT2D eigenvalue weighted by Crippen LogP contribution is -2.26. The van der Waals surface area contributed by atoms with Crippen molar-refractivity contribution in [1.82, 2.24) is 15.1 Å². The van der Waals surface area contributed by atoms with E-state index in [1.807, 2.05) is 10.9 Å². The topological polar surface area (TPSA) is 29.9 Å². The predicted molar refractivity (Wildman–Crippen MR) is 71.1 cm³/mol. The Hall–Kier alpha value is -0.830. The Morgan fingerprint density at radius 2 is 2.11 bits per heavy atom. The number of aromatic nitrogens is 2. The molecule has 1 aromatic heterocycles. The van der Waals surface area contributed by atoms with Crippen molar-refractivity contribution in [3.63, 3.8) is 0 Å². The molecule has 98 valence electrons. The normalized spacial score (nSPS) is 42.0. The zero-order valence-electron chi connectivity index (χ0n) is 11.3. The van der Waals surface area contributed by atoms with E-state index in [4.69, 9.17) is 0 Å². The molecule has 0 amide bonds. The first-order chi connectivity index (χ1) is 8.78. The molecule has 3 saturated carbocycles. The zero-order valence-corrected chi connectivity index (χ0v) is 11.3. The van der Waals surface area contributed by atoms with Crippen LogP contribution in [0.4, 0.5) is 0 Å². The second kappa shape index (κ2) is 3.83. The highest BCUT2D eigenvalue weighted by atomic mass is 15.3. The molecule has 2 bridgehead atoms. The van der Waals surface area contributed by atoms with Gasteiger partial charge in [0.2, 0.25) is 0 Å². The van der Waals surface area contributed by atoms with Crippen LogP contribution >= 0.6 is 0 Å². The van der Waals surface area contributed by atoms with Gasteiger partial charge in [-0.05, 0) is 56.8 Å². The Morgan fingerprint density at radius 1 is 1.39 bits per heavy atom. The molecule has 4 rings (SSSR count). The summed E-state index contributed by atoms with van der Waals surface area (Å²) >= 11 is 0. The molecule has 18 heavy (non-hydrogen) atoms. The van der Waals surface area contributed by atoms with Crippen LogP contribution in [-0.4, -0.2) is 15.8 Å². The molecule has 0 aliphatic heterocycles. The van der Waals surface area contributed by atoms with Crippen molar-refractivity contribution in [3.8, 4) is 0 Å². The Balaban J connectivity index is 1.41. The Bertz CT molecular complexity index is 436. The molecule has 0 aromatic carbocycles. The maximum atomic E-state index is 4.37. The molecule has 3 aliphatic rings. The molecule has 3 fully saturated rings. The minimum absolute atomic E-state index is 0.459. The van der Waals surface area contributed by atoms with Crippen molar-refractivity contribution in [3.05, 3.63) is 18.0 Å². The molecule has 3 aliphatic carbocycles. The van der Waals surface area contributed by atoms with E-state index < -0.39 is 0 Å². The standard InChI is InChI=1S/C15H23N3/c1-3-18-8-12(7-16-18)9(2)17-15-13-10-4-5-11(6-10)14(13)15/h7-11,13-15,17H,3-6H2,1-2H3. The van der Waals surface area contributed by atoms with Crippen LogP contribution in [0, 0.1) is 23.7 Å². The molecule has 5 atom stereocenters. The molecule has 0 radical (unpaired) electrons. The third kappa shape index (κ3) is 1.49. The van der Waals surface area contributed by atoms with Gasteiger partial charge in [0.25, 0.3) is 0 Å². The van der Waals surface area contributed by atoms with Gasteiger partial charge in [0.1, 0.15) is 0 Å². The van der Waals surface area contributed by atoms with Crippen LogP contribution in [-0.2, 0) is 6.54 Å². The summed E-state index contributed by atoms with van der Waals surface area (Å²) in [5.74, 6) is 4.16. The molecule has 3 heteroatoms. The summed E-state index contributed by atoms with van der Waals surface area (Å²) in [5.41, 5.74) is 1.34. The molecular formula is C15H23N3. The first kappa shape index (κ1) is 11.0. The highest BCUT2D eigenvalue weighted by Gasteiger charge is 2.64. The fraction of sp³-hybridized carbons (Fsp3) is 0.800. The van der Waals surface area contributed by atoms with Crippen LogP contribution in [0.3, 0.4) is 0 Å². The second-order valence-electron chi connectivity index (χ2n) is 6.53. The average molecular weight is 245 g/mol. The number of nitrogens with one attached hydrogen (secondary N) is 1. The molecule has 1 N–H and O–H groups in total. The predicted octanol–water partition coefficient (Wildman–Crippen LogP) is 2.60. The minimum atomic E-state index is 0.459. The van der Waals surface area contributed by atoms with Crippen LogP contribution in [0.5, 0.6) is 0 Å². The van der Waals surface area contributed by atoms with Crippen molar-refractivity contribution in [1.29, 1.82) is 0 Å². The van der Waals surface area contributed by atoms with Gasteiger partial charge in [-0.3, -0.25) is 4.68 Å². The largest absolute Gasteiger partial charge is 0.307 e. The average Bonchev–Trinajstić information content (AvgIpc) is 2.87. The highest BCUT2D eigenvalue weighted by Crippen LogP contribution is 2.65. The monoisotopic (exact) mass is 245 g/mol. The Kier molecular flexibility index (Phi) is 2.35. The summed E-state index contributed by atoms with van der Waals surface area (Å²) < 4.78 is 2.02. The van der Waals surface area contributed by atoms with Gasteiger partial charge in [0.05, 0.1) is 6.20 Å². The van der Waals surface area contributed by atoms with Crippen LogP contribution in [0.1, 0.15) is 44.7 Å². The van der Waals surface area contributed by atoms with Crippen LogP contribution in [0.2, 0.25) is 0 Å². The van der Waals surface area contributed by atoms with E-state index >= 15 is 0 Å². The summed E-state index contributed by atoms with van der Waals surface area (Å²) in [6.45, 7) is 5.39. The fourth-order valence-electron chi connectivity index (χ4n) is 4.71. The van der Waals surface area contributed by atoms with Gasteiger partial charge in [-0.2, -0.15) is 5.10 Å². The van der Waals surface area contributed by atoms with Crippen molar-refractivity contribution < 1.29 is 0 Å². The van der Waals surface area contributed by atoms with Gasteiger partial charge in [0.15, 0.2) is 0 Å². The van der Waals surface area contributed by atoms with Crippen molar-refractivity contribution >= 4 is 0 Å². The first-order valence-electron chi connectivity index (χ1n) is 7.56. The van der Waals surface area contributed by atoms with E-state index in [1.165, 1.54) is 24.8 Å². The van der Waals surface area contributed by atoms with E-state index in [0.717, 1.165) is 36.3 Å². The van der Waals surface area contributed by atoms with Crippen molar-refractivity contribution in [2.24, 2.45) is 23.7 Å². The third-order valence-electron chi connectivity index (χ3n) is 5.65. The van der Waals surface area contributed by atoms with Crippen LogP contribution < -0.4 is 5.32 Å². The van der Waals surface area contributed by atoms with E-state index in [9.17, 15) is 0 Å². The zero-order chi connectivity index (χ0) is 12.3. The highest BCUT2D eigenvalue weighted by molar-refractivity contribution is 5.19. The SMILES string of the molecule is CCn1cc(C(C)NC2C3C4CCC(C4)C23)cn1. The number of fused-ring (bicyclic) bond motifs is 5. The maximum absolute atomic E-state index is 4.37. The van der Waals surface area contributed by atoms with E-state index in [1.54, 1.807) is 0 Å². The third-order valence-corrected chi connectivity index (χ3v) is 5.65. The lowest BCUT2D eigenvalue weighted by molar-refractivity contribution is 0.433. The van der Waals surface area contributed by atoms with Crippen LogP contribution in [0.25, 0.3) is 0 Å². The second-order valence-corrected chi connectivity index (χ2v) is 6.53. The van der Waals surface area contributed by atoms with Crippen LogP contribution in [0.15, 0.2) is 12.4 Å². The first-order valence-corrected chi connectivity index (χ1v) is 7.56. The Labute approximate surface area is 109 Å². The van der Waals surface area contributed by atoms with E-state index in [-0.39, 0.29) is 0 Å². The van der Waals surface area contributed by atoms with Crippen molar-refractivity contribution in [2.45, 2.75) is 51.7 Å². The maximum Gasteiger partial charge on any atom is 0.0537 e. The van der Waals surface area contributed by atoms with Gasteiger partial charge < -0.3 is 5.32 Å². The van der Waals surface area contributed by atoms with Gasteiger partial charge in [0, 0.05) is 30.4 Å². The number of rotatable bonds is 4. The number of nitrogens with zero attached hydrogens (tertiary/aromatic N) is 2. The van der Waals surface area contributed by atoms with Gasteiger partial charge in [-0.1, -0.05) is 0 Å². The number of aryl methyl sites for hydroxylation is 1. The smallest absolute Gasteiger partial charge is 0.0537 e. The summed E-state index contributed by atoms with van der Waals surface area (Å²) in [7, 11) is 0. The lowest BCUT2D eigenvalue weighted by Gasteiger charge is -2.15. The summed E-state index contributed by atoms with van der Waals surface area (Å²) in [6, 6.07) is 1.27. The summed E-state index contributed by atoms with van der Waals surface area (Å²) in [4.78, 5) is 0. The Morgan fingerprint density at radius 3 is 2.72 bits per heavy atom. The van der Waals surface area contributed by atoms with Crippen molar-refractivity contribution in [2.75, 3.05) is 0 Å². The molecular weight excluding hydrogens is 222 g/mol. The van der Waals surface area contributed by atoms with E-state index in [2.05, 4.69) is 30.5 Å². The molecule has 3 nitrogen and oxygen atoms in total. The van der Waals surface area contributed by atoms with Gasteiger partial charge in [-0.25, -0.2) is 0 Å². The molecule has 0 saturated heterocycles. The van der Waals surface area contributed by atoms with E-state index in [0.29, 0.717) is 6.04 Å². The number of hydrogen-bond acceptors (Lipinski definition) is 2.